The third-order valence-electron chi connectivity index (χ3n) is 3.14. The maximum atomic E-state index is 12.5. The van der Waals surface area contributed by atoms with E-state index in [2.05, 4.69) is 21.2 Å². The van der Waals surface area contributed by atoms with Crippen LogP contribution in [0.1, 0.15) is 19.4 Å². The van der Waals surface area contributed by atoms with Crippen LogP contribution < -0.4 is 5.32 Å². The summed E-state index contributed by atoms with van der Waals surface area (Å²) in [6.07, 6.45) is 0. The Morgan fingerprint density at radius 1 is 1.36 bits per heavy atom. The molecule has 22 heavy (non-hydrogen) atoms. The summed E-state index contributed by atoms with van der Waals surface area (Å²) in [6, 6.07) is 1.66. The van der Waals surface area contributed by atoms with E-state index in [1.165, 1.54) is 33.0 Å². The van der Waals surface area contributed by atoms with E-state index in [1.807, 2.05) is 0 Å². The van der Waals surface area contributed by atoms with Gasteiger partial charge in [-0.3, -0.25) is 9.59 Å². The quantitative estimate of drug-likeness (QED) is 0.794. The van der Waals surface area contributed by atoms with Crippen molar-refractivity contribution in [3.63, 3.8) is 0 Å². The van der Waals surface area contributed by atoms with Gasteiger partial charge in [0.1, 0.15) is 6.04 Å². The Bertz CT molecular complexity index is 717. The lowest BCUT2D eigenvalue weighted by Gasteiger charge is -2.22. The fourth-order valence-electron chi connectivity index (χ4n) is 1.75. The van der Waals surface area contributed by atoms with Crippen molar-refractivity contribution in [1.82, 2.24) is 4.31 Å². The normalized spacial score (nSPS) is 13.0. The Morgan fingerprint density at radius 3 is 2.36 bits per heavy atom. The van der Waals surface area contributed by atoms with Gasteiger partial charge in [0.2, 0.25) is 15.9 Å². The summed E-state index contributed by atoms with van der Waals surface area (Å²) in [7, 11) is -2.76. The molecule has 122 valence electrons. The molecule has 1 atom stereocenters. The van der Waals surface area contributed by atoms with Gasteiger partial charge in [-0.1, -0.05) is 0 Å². The number of halogens is 1. The first-order valence-corrected chi connectivity index (χ1v) is 8.50. The molecule has 0 aliphatic carbocycles. The van der Waals surface area contributed by atoms with Crippen molar-refractivity contribution in [3.8, 4) is 0 Å². The van der Waals surface area contributed by atoms with Crippen LogP contribution in [0.5, 0.6) is 0 Å². The molecule has 1 aromatic carbocycles. The van der Waals surface area contributed by atoms with E-state index < -0.39 is 22.0 Å². The highest BCUT2D eigenvalue weighted by Crippen LogP contribution is 2.30. The number of sulfonamides is 1. The number of carbonyl (C=O) groups is 2. The number of carboxylic acid groups (broad SMARTS) is 1. The van der Waals surface area contributed by atoms with Crippen LogP contribution in [0.3, 0.4) is 0 Å². The van der Waals surface area contributed by atoms with Gasteiger partial charge in [-0.2, -0.15) is 4.31 Å². The molecule has 0 aliphatic rings. The van der Waals surface area contributed by atoms with Crippen molar-refractivity contribution in [2.75, 3.05) is 12.4 Å². The van der Waals surface area contributed by atoms with Crippen molar-refractivity contribution >= 4 is 43.5 Å². The summed E-state index contributed by atoms with van der Waals surface area (Å²) in [4.78, 5) is 22.1. The Kier molecular flexibility index (Phi) is 5.71. The molecule has 1 aromatic rings. The first kappa shape index (κ1) is 18.6. The monoisotopic (exact) mass is 392 g/mol. The minimum absolute atomic E-state index is 0.0240. The molecule has 0 heterocycles. The molecule has 9 heteroatoms. The van der Waals surface area contributed by atoms with Crippen LogP contribution in [0.15, 0.2) is 21.5 Å². The number of amides is 1. The van der Waals surface area contributed by atoms with Gasteiger partial charge < -0.3 is 10.4 Å². The van der Waals surface area contributed by atoms with Crippen molar-refractivity contribution in [1.29, 1.82) is 0 Å². The highest BCUT2D eigenvalue weighted by molar-refractivity contribution is 9.10. The lowest BCUT2D eigenvalue weighted by Crippen LogP contribution is -2.40. The van der Waals surface area contributed by atoms with Crippen molar-refractivity contribution in [2.24, 2.45) is 0 Å². The number of likely N-dealkylation sites (N-methyl/N-ethyl adjacent to an activating group) is 1. The van der Waals surface area contributed by atoms with Gasteiger partial charge in [0.15, 0.2) is 0 Å². The average molecular weight is 393 g/mol. The van der Waals surface area contributed by atoms with Gasteiger partial charge in [-0.05, 0) is 47.5 Å². The maximum Gasteiger partial charge on any atom is 0.321 e. The molecule has 7 nitrogen and oxygen atoms in total. The predicted molar refractivity (Wildman–Crippen MR) is 85.2 cm³/mol. The number of aliphatic carboxylic acids is 1. The van der Waals surface area contributed by atoms with E-state index in [1.54, 1.807) is 6.92 Å². The first-order chi connectivity index (χ1) is 9.98. The number of hydrogen-bond donors (Lipinski definition) is 2. The molecule has 0 aromatic heterocycles. The number of nitrogens with one attached hydrogen (secondary N) is 1. The highest BCUT2D eigenvalue weighted by atomic mass is 79.9. The fourth-order valence-corrected chi connectivity index (χ4v) is 3.89. The maximum absolute atomic E-state index is 12.5. The van der Waals surface area contributed by atoms with E-state index in [0.29, 0.717) is 15.7 Å². The lowest BCUT2D eigenvalue weighted by molar-refractivity contribution is -0.140. The molecule has 1 rings (SSSR count). The van der Waals surface area contributed by atoms with Crippen LogP contribution in [-0.2, 0) is 19.6 Å². The van der Waals surface area contributed by atoms with Crippen molar-refractivity contribution < 1.29 is 23.1 Å². The van der Waals surface area contributed by atoms with E-state index in [0.717, 1.165) is 4.31 Å². The van der Waals surface area contributed by atoms with Crippen LogP contribution in [0.2, 0.25) is 0 Å². The fraction of sp³-hybridized carbons (Fsp3) is 0.385. The minimum atomic E-state index is -3.97. The smallest absolute Gasteiger partial charge is 0.321 e. The number of nitrogens with zero attached hydrogens (tertiary/aromatic N) is 1. The van der Waals surface area contributed by atoms with E-state index in [-0.39, 0.29) is 10.8 Å². The minimum Gasteiger partial charge on any atom is -0.480 e. The number of carbonyl (C=O) groups excluding carboxylic acids is 1. The number of aryl methyl sites for hydroxylation is 1. The van der Waals surface area contributed by atoms with Gasteiger partial charge in [0, 0.05) is 18.4 Å². The molecular formula is C13H17BrN2O5S. The lowest BCUT2D eigenvalue weighted by atomic mass is 10.2. The van der Waals surface area contributed by atoms with Crippen LogP contribution >= 0.6 is 15.9 Å². The summed E-state index contributed by atoms with van der Waals surface area (Å²) >= 11 is 3.20. The number of hydrogen-bond acceptors (Lipinski definition) is 4. The summed E-state index contributed by atoms with van der Waals surface area (Å²) < 4.78 is 26.3. The average Bonchev–Trinajstić information content (AvgIpc) is 2.39. The SMILES string of the molecule is CC(=O)Nc1cc(C)c(S(=O)(=O)N(C)C(C)C(=O)O)cc1Br. The summed E-state index contributed by atoms with van der Waals surface area (Å²) in [6.45, 7) is 4.20. The molecule has 0 fully saturated rings. The predicted octanol–water partition coefficient (Wildman–Crippen LogP) is 1.81. The number of carboxylic acids is 1. The zero-order valence-corrected chi connectivity index (χ0v) is 14.9. The molecular weight excluding hydrogens is 376 g/mol. The summed E-state index contributed by atoms with van der Waals surface area (Å²) in [5, 5.41) is 11.5. The molecule has 0 bridgehead atoms. The summed E-state index contributed by atoms with van der Waals surface area (Å²) in [5.74, 6) is -1.52. The topological polar surface area (TPSA) is 104 Å². The summed E-state index contributed by atoms with van der Waals surface area (Å²) in [5.41, 5.74) is 0.842. The Morgan fingerprint density at radius 2 is 1.91 bits per heavy atom. The van der Waals surface area contributed by atoms with Crippen LogP contribution in [0, 0.1) is 6.92 Å². The third-order valence-corrected chi connectivity index (χ3v) is 5.86. The molecule has 1 amide bonds. The third kappa shape index (κ3) is 3.84. The van der Waals surface area contributed by atoms with Crippen LogP contribution in [0.25, 0.3) is 0 Å². The second-order valence-electron chi connectivity index (χ2n) is 4.81. The van der Waals surface area contributed by atoms with Gasteiger partial charge in [0.25, 0.3) is 0 Å². The molecule has 2 N–H and O–H groups in total. The van der Waals surface area contributed by atoms with Gasteiger partial charge in [-0.15, -0.1) is 0 Å². The Balaban J connectivity index is 3.35. The highest BCUT2D eigenvalue weighted by Gasteiger charge is 2.31. The molecule has 0 saturated carbocycles. The largest absolute Gasteiger partial charge is 0.480 e. The number of benzene rings is 1. The van der Waals surface area contributed by atoms with Crippen LogP contribution in [0.4, 0.5) is 5.69 Å². The molecule has 0 aliphatic heterocycles. The zero-order valence-electron chi connectivity index (χ0n) is 12.5. The second-order valence-corrected chi connectivity index (χ2v) is 7.63. The molecule has 0 saturated heterocycles. The molecule has 0 radical (unpaired) electrons. The van der Waals surface area contributed by atoms with Gasteiger partial charge >= 0.3 is 5.97 Å². The van der Waals surface area contributed by atoms with E-state index >= 15 is 0 Å². The van der Waals surface area contributed by atoms with Gasteiger partial charge in [0.05, 0.1) is 10.6 Å². The second kappa shape index (κ2) is 6.76. The van der Waals surface area contributed by atoms with Crippen molar-refractivity contribution in [2.45, 2.75) is 31.7 Å². The van der Waals surface area contributed by atoms with Gasteiger partial charge in [-0.25, -0.2) is 8.42 Å². The standard InChI is InChI=1S/C13H17BrN2O5S/c1-7-5-11(15-9(3)17)10(14)6-12(7)22(20,21)16(4)8(2)13(18)19/h5-6,8H,1-4H3,(H,15,17)(H,18,19). The Hall–Kier alpha value is -1.45. The van der Waals surface area contributed by atoms with E-state index in [9.17, 15) is 18.0 Å². The van der Waals surface area contributed by atoms with E-state index in [4.69, 9.17) is 5.11 Å². The Labute approximate surface area is 137 Å². The number of rotatable bonds is 5. The van der Waals surface area contributed by atoms with Crippen LogP contribution in [-0.4, -0.2) is 42.8 Å². The molecule has 0 spiro atoms. The number of anilines is 1. The molecule has 1 unspecified atom stereocenters. The zero-order chi connectivity index (χ0) is 17.2. The van der Waals surface area contributed by atoms with Crippen molar-refractivity contribution in [3.05, 3.63) is 22.2 Å². The first-order valence-electron chi connectivity index (χ1n) is 6.27.